The lowest BCUT2D eigenvalue weighted by Gasteiger charge is -2.06. The summed E-state index contributed by atoms with van der Waals surface area (Å²) in [6.45, 7) is 4.19. The zero-order chi connectivity index (χ0) is 18.7. The van der Waals surface area contributed by atoms with Crippen molar-refractivity contribution in [3.05, 3.63) is 46.5 Å². The molecule has 1 aromatic carbocycles. The lowest BCUT2D eigenvalue weighted by atomic mass is 10.1. The SMILES string of the molecule is CC(C)/C=C/CCCCC(=O)NOC(=O)Oc1ccc([N+](=O)[O-])cc1. The number of benzene rings is 1. The quantitative estimate of drug-likeness (QED) is 0.190. The molecule has 136 valence electrons. The number of carbonyl (C=O) groups is 2. The molecule has 0 saturated heterocycles. The van der Waals surface area contributed by atoms with Crippen molar-refractivity contribution in [2.24, 2.45) is 5.92 Å². The molecule has 0 aliphatic carbocycles. The fraction of sp³-hybridized carbons (Fsp3) is 0.412. The van der Waals surface area contributed by atoms with E-state index in [1.54, 1.807) is 0 Å². The van der Waals surface area contributed by atoms with Crippen LogP contribution in [-0.4, -0.2) is 17.0 Å². The van der Waals surface area contributed by atoms with E-state index in [1.165, 1.54) is 24.3 Å². The zero-order valence-corrected chi connectivity index (χ0v) is 14.3. The molecule has 0 spiro atoms. The standard InChI is InChI=1S/C17H22N2O6/c1-13(2)7-5-3-4-6-8-16(20)18-25-17(21)24-15-11-9-14(10-12-15)19(22)23/h5,7,9-13H,3-4,6,8H2,1-2H3,(H,18,20)/b7-5+. The third kappa shape index (κ3) is 9.09. The minimum atomic E-state index is -1.12. The van der Waals surface area contributed by atoms with Crippen LogP contribution in [0.3, 0.4) is 0 Å². The number of hydrogen-bond acceptors (Lipinski definition) is 6. The van der Waals surface area contributed by atoms with Crippen molar-refractivity contribution in [1.82, 2.24) is 5.48 Å². The molecular formula is C17H22N2O6. The Hall–Kier alpha value is -2.90. The Labute approximate surface area is 145 Å². The summed E-state index contributed by atoms with van der Waals surface area (Å²) in [5, 5.41) is 10.5. The Morgan fingerprint density at radius 3 is 2.52 bits per heavy atom. The maximum Gasteiger partial charge on any atom is 0.538 e. The van der Waals surface area contributed by atoms with Crippen LogP contribution in [0.4, 0.5) is 10.5 Å². The first kappa shape index (κ1) is 20.1. The number of nitro benzene ring substituents is 1. The van der Waals surface area contributed by atoms with Gasteiger partial charge < -0.3 is 9.57 Å². The van der Waals surface area contributed by atoms with Gasteiger partial charge in [0.15, 0.2) is 0 Å². The van der Waals surface area contributed by atoms with Crippen LogP contribution in [0.15, 0.2) is 36.4 Å². The van der Waals surface area contributed by atoms with Gasteiger partial charge in [-0.2, -0.15) is 5.48 Å². The number of ether oxygens (including phenoxy) is 1. The predicted molar refractivity (Wildman–Crippen MR) is 90.8 cm³/mol. The summed E-state index contributed by atoms with van der Waals surface area (Å²) in [6.07, 6.45) is 5.74. The number of hydrogen-bond donors (Lipinski definition) is 1. The number of nitrogens with zero attached hydrogens (tertiary/aromatic N) is 1. The van der Waals surface area contributed by atoms with E-state index < -0.39 is 17.0 Å². The van der Waals surface area contributed by atoms with Gasteiger partial charge in [-0.1, -0.05) is 26.0 Å². The van der Waals surface area contributed by atoms with E-state index in [0.717, 1.165) is 12.8 Å². The van der Waals surface area contributed by atoms with Gasteiger partial charge >= 0.3 is 6.16 Å². The highest BCUT2D eigenvalue weighted by atomic mass is 16.8. The second-order valence-electron chi connectivity index (χ2n) is 5.65. The van der Waals surface area contributed by atoms with Gasteiger partial charge in [0.2, 0.25) is 0 Å². The molecular weight excluding hydrogens is 328 g/mol. The number of carbonyl (C=O) groups excluding carboxylic acids is 2. The van der Waals surface area contributed by atoms with Gasteiger partial charge in [-0.05, 0) is 37.3 Å². The van der Waals surface area contributed by atoms with Crippen LogP contribution in [0.25, 0.3) is 0 Å². The molecule has 0 aromatic heterocycles. The van der Waals surface area contributed by atoms with E-state index in [-0.39, 0.29) is 17.9 Å². The average molecular weight is 350 g/mol. The van der Waals surface area contributed by atoms with Crippen molar-refractivity contribution < 1.29 is 24.1 Å². The summed E-state index contributed by atoms with van der Waals surface area (Å²) in [5.74, 6) is 0.161. The Balaban J connectivity index is 2.20. The molecule has 25 heavy (non-hydrogen) atoms. The minimum Gasteiger partial charge on any atom is -0.393 e. The molecule has 8 heteroatoms. The molecule has 8 nitrogen and oxygen atoms in total. The number of non-ortho nitro benzene ring substituents is 1. The normalized spacial score (nSPS) is 10.7. The topological polar surface area (TPSA) is 108 Å². The number of nitro groups is 1. The molecule has 0 heterocycles. The third-order valence-corrected chi connectivity index (χ3v) is 3.04. The van der Waals surface area contributed by atoms with E-state index in [1.807, 2.05) is 5.48 Å². The third-order valence-electron chi connectivity index (χ3n) is 3.04. The number of nitrogens with one attached hydrogen (secondary N) is 1. The first-order valence-electron chi connectivity index (χ1n) is 7.97. The molecule has 1 rings (SSSR count). The Bertz CT molecular complexity index is 610. The second kappa shape index (κ2) is 10.8. The fourth-order valence-electron chi connectivity index (χ4n) is 1.82. The van der Waals surface area contributed by atoms with Crippen LogP contribution in [0.5, 0.6) is 5.75 Å². The Morgan fingerprint density at radius 1 is 1.24 bits per heavy atom. The van der Waals surface area contributed by atoms with Crippen molar-refractivity contribution in [3.63, 3.8) is 0 Å². The summed E-state index contributed by atoms with van der Waals surface area (Å²) in [5.41, 5.74) is 1.87. The molecule has 0 aliphatic heterocycles. The molecule has 1 aromatic rings. The molecule has 0 aliphatic rings. The van der Waals surface area contributed by atoms with Crippen LogP contribution in [0.1, 0.15) is 39.5 Å². The van der Waals surface area contributed by atoms with Crippen molar-refractivity contribution in [1.29, 1.82) is 0 Å². The van der Waals surface area contributed by atoms with E-state index in [0.29, 0.717) is 12.3 Å². The van der Waals surface area contributed by atoms with Gasteiger partial charge in [-0.3, -0.25) is 14.9 Å². The smallest absolute Gasteiger partial charge is 0.393 e. The van der Waals surface area contributed by atoms with Crippen LogP contribution in [0.2, 0.25) is 0 Å². The predicted octanol–water partition coefficient (Wildman–Crippen LogP) is 3.91. The van der Waals surface area contributed by atoms with E-state index in [9.17, 15) is 19.7 Å². The van der Waals surface area contributed by atoms with Crippen LogP contribution in [0, 0.1) is 16.0 Å². The van der Waals surface area contributed by atoms with E-state index in [2.05, 4.69) is 30.8 Å². The second-order valence-corrected chi connectivity index (χ2v) is 5.65. The maximum absolute atomic E-state index is 11.5. The van der Waals surface area contributed by atoms with Gasteiger partial charge in [0.25, 0.3) is 11.6 Å². The first-order chi connectivity index (χ1) is 11.9. The highest BCUT2D eigenvalue weighted by molar-refractivity contribution is 5.76. The number of hydroxylamine groups is 1. The zero-order valence-electron chi connectivity index (χ0n) is 14.3. The number of amides is 1. The van der Waals surface area contributed by atoms with E-state index in [4.69, 9.17) is 4.74 Å². The summed E-state index contributed by atoms with van der Waals surface area (Å²) < 4.78 is 4.77. The van der Waals surface area contributed by atoms with Gasteiger partial charge in [0, 0.05) is 18.6 Å². The summed E-state index contributed by atoms with van der Waals surface area (Å²) in [4.78, 5) is 37.4. The molecule has 0 unspecified atom stereocenters. The van der Waals surface area contributed by atoms with Crippen molar-refractivity contribution in [2.45, 2.75) is 39.5 Å². The van der Waals surface area contributed by atoms with Crippen LogP contribution >= 0.6 is 0 Å². The highest BCUT2D eigenvalue weighted by Gasteiger charge is 2.11. The summed E-state index contributed by atoms with van der Waals surface area (Å²) in [7, 11) is 0. The Kier molecular flexibility index (Phi) is 8.70. The van der Waals surface area contributed by atoms with Crippen molar-refractivity contribution in [2.75, 3.05) is 0 Å². The Morgan fingerprint density at radius 2 is 1.92 bits per heavy atom. The van der Waals surface area contributed by atoms with Gasteiger partial charge in [0.1, 0.15) is 5.75 Å². The average Bonchev–Trinajstić information content (AvgIpc) is 2.56. The molecule has 1 amide bonds. The number of allylic oxidation sites excluding steroid dienone is 2. The van der Waals surface area contributed by atoms with Crippen molar-refractivity contribution in [3.8, 4) is 5.75 Å². The first-order valence-corrected chi connectivity index (χ1v) is 7.97. The van der Waals surface area contributed by atoms with Gasteiger partial charge in [0.05, 0.1) is 4.92 Å². The molecule has 1 N–H and O–H groups in total. The maximum atomic E-state index is 11.5. The molecule has 0 atom stereocenters. The van der Waals surface area contributed by atoms with Crippen LogP contribution < -0.4 is 10.2 Å². The fourth-order valence-corrected chi connectivity index (χ4v) is 1.82. The molecule has 0 bridgehead atoms. The minimum absolute atomic E-state index is 0.0711. The summed E-state index contributed by atoms with van der Waals surface area (Å²) >= 11 is 0. The van der Waals surface area contributed by atoms with Gasteiger partial charge in [-0.25, -0.2) is 4.79 Å². The van der Waals surface area contributed by atoms with Gasteiger partial charge in [-0.15, -0.1) is 0 Å². The van der Waals surface area contributed by atoms with E-state index >= 15 is 0 Å². The molecule has 0 fully saturated rings. The lowest BCUT2D eigenvalue weighted by molar-refractivity contribution is -0.384. The molecule has 0 saturated carbocycles. The molecule has 0 radical (unpaired) electrons. The monoisotopic (exact) mass is 350 g/mol. The largest absolute Gasteiger partial charge is 0.538 e. The van der Waals surface area contributed by atoms with Crippen molar-refractivity contribution >= 4 is 17.7 Å². The number of unbranched alkanes of at least 4 members (excludes halogenated alkanes) is 2. The highest BCUT2D eigenvalue weighted by Crippen LogP contribution is 2.17. The number of rotatable bonds is 8. The summed E-state index contributed by atoms with van der Waals surface area (Å²) in [6, 6.07) is 4.89. The lowest BCUT2D eigenvalue weighted by Crippen LogP contribution is -2.28. The van der Waals surface area contributed by atoms with Crippen LogP contribution in [-0.2, 0) is 9.63 Å².